The van der Waals surface area contributed by atoms with Gasteiger partial charge >= 0.3 is 0 Å². The fourth-order valence-electron chi connectivity index (χ4n) is 2.05. The first-order chi connectivity index (χ1) is 6.68. The van der Waals surface area contributed by atoms with Crippen LogP contribution in [0.25, 0.3) is 0 Å². The predicted molar refractivity (Wildman–Crippen MR) is 52.9 cm³/mol. The van der Waals surface area contributed by atoms with Crippen LogP contribution in [0.15, 0.2) is 6.20 Å². The molecule has 1 N–H and O–H groups in total. The number of aromatic amines is 1. The van der Waals surface area contributed by atoms with Gasteiger partial charge in [-0.25, -0.2) is 0 Å². The summed E-state index contributed by atoms with van der Waals surface area (Å²) in [4.78, 5) is 13.0. The minimum Gasteiger partial charge on any atom is -0.342 e. The molecule has 1 atom stereocenters. The molecule has 0 unspecified atom stereocenters. The quantitative estimate of drug-likeness (QED) is 0.724. The van der Waals surface area contributed by atoms with Gasteiger partial charge in [0, 0.05) is 31.6 Å². The Bertz CT molecular complexity index is 345. The van der Waals surface area contributed by atoms with E-state index < -0.39 is 0 Å². The van der Waals surface area contributed by atoms with Crippen molar-refractivity contribution in [2.24, 2.45) is 0 Å². The lowest BCUT2D eigenvalue weighted by atomic mass is 10.0. The molecule has 1 saturated heterocycles. The van der Waals surface area contributed by atoms with Crippen LogP contribution >= 0.6 is 0 Å². The molecule has 1 aliphatic rings. The number of amides is 1. The van der Waals surface area contributed by atoms with E-state index in [9.17, 15) is 4.79 Å². The summed E-state index contributed by atoms with van der Waals surface area (Å²) in [5, 5.41) is 7.03. The standard InChI is InChI=1S/C10H15N3O/c1-7-5-11-12-10(7)9-3-4-13(6-9)8(2)14/h5,9H,3-4,6H2,1-2H3,(H,11,12)/t9-/m0/s1. The number of nitrogens with one attached hydrogen (secondary N) is 1. The van der Waals surface area contributed by atoms with E-state index in [0.717, 1.165) is 19.5 Å². The average molecular weight is 193 g/mol. The van der Waals surface area contributed by atoms with E-state index in [1.165, 1.54) is 11.3 Å². The third-order valence-corrected chi connectivity index (χ3v) is 2.91. The number of likely N-dealkylation sites (tertiary alicyclic amines) is 1. The monoisotopic (exact) mass is 193 g/mol. The molecule has 1 aromatic rings. The minimum atomic E-state index is 0.171. The number of aryl methyl sites for hydroxylation is 1. The molecule has 1 amide bonds. The Kier molecular flexibility index (Phi) is 2.27. The second-order valence-electron chi connectivity index (χ2n) is 3.92. The summed E-state index contributed by atoms with van der Waals surface area (Å²) < 4.78 is 0. The van der Waals surface area contributed by atoms with Gasteiger partial charge in [-0.3, -0.25) is 9.89 Å². The number of hydrogen-bond acceptors (Lipinski definition) is 2. The first-order valence-corrected chi connectivity index (χ1v) is 4.94. The number of rotatable bonds is 1. The summed E-state index contributed by atoms with van der Waals surface area (Å²) >= 11 is 0. The fraction of sp³-hybridized carbons (Fsp3) is 0.600. The Morgan fingerprint density at radius 3 is 3.00 bits per heavy atom. The van der Waals surface area contributed by atoms with Crippen molar-refractivity contribution in [3.05, 3.63) is 17.5 Å². The number of aromatic nitrogens is 2. The number of carbonyl (C=O) groups is 1. The van der Waals surface area contributed by atoms with Crippen molar-refractivity contribution in [1.82, 2.24) is 15.1 Å². The molecule has 4 nitrogen and oxygen atoms in total. The summed E-state index contributed by atoms with van der Waals surface area (Å²) in [7, 11) is 0. The normalized spacial score (nSPS) is 21.6. The largest absolute Gasteiger partial charge is 0.342 e. The Morgan fingerprint density at radius 1 is 1.71 bits per heavy atom. The number of H-pyrrole nitrogens is 1. The van der Waals surface area contributed by atoms with Gasteiger partial charge in [0.1, 0.15) is 0 Å². The van der Waals surface area contributed by atoms with Crippen LogP contribution in [0.2, 0.25) is 0 Å². The van der Waals surface area contributed by atoms with Crippen molar-refractivity contribution in [1.29, 1.82) is 0 Å². The third kappa shape index (κ3) is 1.52. The van der Waals surface area contributed by atoms with Crippen molar-refractivity contribution in [2.45, 2.75) is 26.2 Å². The number of carbonyl (C=O) groups excluding carboxylic acids is 1. The molecule has 0 radical (unpaired) electrons. The van der Waals surface area contributed by atoms with Gasteiger partial charge in [0.15, 0.2) is 0 Å². The van der Waals surface area contributed by atoms with Gasteiger partial charge < -0.3 is 4.90 Å². The van der Waals surface area contributed by atoms with Gasteiger partial charge in [-0.1, -0.05) is 0 Å². The van der Waals surface area contributed by atoms with E-state index in [1.54, 1.807) is 6.92 Å². The highest BCUT2D eigenvalue weighted by Gasteiger charge is 2.27. The van der Waals surface area contributed by atoms with Crippen LogP contribution < -0.4 is 0 Å². The van der Waals surface area contributed by atoms with Crippen LogP contribution in [0.3, 0.4) is 0 Å². The molecular formula is C10H15N3O. The molecule has 1 fully saturated rings. The smallest absolute Gasteiger partial charge is 0.219 e. The molecule has 0 aromatic carbocycles. The fourth-order valence-corrected chi connectivity index (χ4v) is 2.05. The molecule has 2 rings (SSSR count). The number of hydrogen-bond donors (Lipinski definition) is 1. The van der Waals surface area contributed by atoms with Crippen LogP contribution in [-0.4, -0.2) is 34.1 Å². The topological polar surface area (TPSA) is 49.0 Å². The Balaban J connectivity index is 2.10. The highest BCUT2D eigenvalue weighted by molar-refractivity contribution is 5.73. The first kappa shape index (κ1) is 9.24. The zero-order chi connectivity index (χ0) is 10.1. The molecule has 1 aromatic heterocycles. The van der Waals surface area contributed by atoms with Crippen LogP contribution in [0.4, 0.5) is 0 Å². The molecule has 4 heteroatoms. The van der Waals surface area contributed by atoms with E-state index >= 15 is 0 Å². The maximum Gasteiger partial charge on any atom is 0.219 e. The van der Waals surface area contributed by atoms with Crippen LogP contribution in [0.5, 0.6) is 0 Å². The van der Waals surface area contributed by atoms with Crippen LogP contribution in [-0.2, 0) is 4.79 Å². The Labute approximate surface area is 83.3 Å². The van der Waals surface area contributed by atoms with Gasteiger partial charge in [0.25, 0.3) is 0 Å². The van der Waals surface area contributed by atoms with E-state index in [4.69, 9.17) is 0 Å². The van der Waals surface area contributed by atoms with Crippen LogP contribution in [0.1, 0.15) is 30.5 Å². The lowest BCUT2D eigenvalue weighted by molar-refractivity contribution is -0.127. The van der Waals surface area contributed by atoms with Gasteiger partial charge in [0.05, 0.1) is 6.20 Å². The number of nitrogens with zero attached hydrogens (tertiary/aromatic N) is 2. The van der Waals surface area contributed by atoms with Gasteiger partial charge in [-0.15, -0.1) is 0 Å². The lowest BCUT2D eigenvalue weighted by Gasteiger charge is -2.13. The Morgan fingerprint density at radius 2 is 2.50 bits per heavy atom. The summed E-state index contributed by atoms with van der Waals surface area (Å²) in [6.07, 6.45) is 2.88. The molecule has 0 spiro atoms. The minimum absolute atomic E-state index is 0.171. The van der Waals surface area contributed by atoms with Crippen molar-refractivity contribution < 1.29 is 4.79 Å². The predicted octanol–water partition coefficient (Wildman–Crippen LogP) is 1.05. The van der Waals surface area contributed by atoms with E-state index in [1.807, 2.05) is 11.1 Å². The second kappa shape index (κ2) is 3.44. The van der Waals surface area contributed by atoms with Gasteiger partial charge in [-0.05, 0) is 18.9 Å². The van der Waals surface area contributed by atoms with E-state index in [0.29, 0.717) is 5.92 Å². The van der Waals surface area contributed by atoms with Crippen molar-refractivity contribution in [3.63, 3.8) is 0 Å². The SMILES string of the molecule is CC(=O)N1CC[C@H](c2[nH]ncc2C)C1. The van der Waals surface area contributed by atoms with Crippen molar-refractivity contribution in [2.75, 3.05) is 13.1 Å². The van der Waals surface area contributed by atoms with Crippen molar-refractivity contribution >= 4 is 5.91 Å². The molecule has 2 heterocycles. The van der Waals surface area contributed by atoms with E-state index in [-0.39, 0.29) is 5.91 Å². The molecule has 0 saturated carbocycles. The summed E-state index contributed by atoms with van der Waals surface area (Å²) in [6.45, 7) is 5.38. The lowest BCUT2D eigenvalue weighted by Crippen LogP contribution is -2.25. The molecule has 1 aliphatic heterocycles. The van der Waals surface area contributed by atoms with Gasteiger partial charge in [0.2, 0.25) is 5.91 Å². The molecule has 14 heavy (non-hydrogen) atoms. The highest BCUT2D eigenvalue weighted by Crippen LogP contribution is 2.27. The molecular weight excluding hydrogens is 178 g/mol. The summed E-state index contributed by atoms with van der Waals surface area (Å²) in [6, 6.07) is 0. The maximum atomic E-state index is 11.1. The zero-order valence-electron chi connectivity index (χ0n) is 8.58. The van der Waals surface area contributed by atoms with E-state index in [2.05, 4.69) is 17.1 Å². The summed E-state index contributed by atoms with van der Waals surface area (Å²) in [5.41, 5.74) is 2.38. The Hall–Kier alpha value is -1.32. The third-order valence-electron chi connectivity index (χ3n) is 2.91. The second-order valence-corrected chi connectivity index (χ2v) is 3.92. The van der Waals surface area contributed by atoms with Crippen LogP contribution in [0, 0.1) is 6.92 Å². The first-order valence-electron chi connectivity index (χ1n) is 4.94. The van der Waals surface area contributed by atoms with Gasteiger partial charge in [-0.2, -0.15) is 5.10 Å². The average Bonchev–Trinajstić information content (AvgIpc) is 2.71. The maximum absolute atomic E-state index is 11.1. The summed E-state index contributed by atoms with van der Waals surface area (Å²) in [5.74, 6) is 0.617. The highest BCUT2D eigenvalue weighted by atomic mass is 16.2. The van der Waals surface area contributed by atoms with Crippen molar-refractivity contribution in [3.8, 4) is 0 Å². The zero-order valence-corrected chi connectivity index (χ0v) is 8.58. The molecule has 0 bridgehead atoms. The molecule has 0 aliphatic carbocycles. The molecule has 76 valence electrons.